The molecule has 1 amide bonds. The maximum atomic E-state index is 13.0. The van der Waals surface area contributed by atoms with Gasteiger partial charge in [-0.3, -0.25) is 9.52 Å². The van der Waals surface area contributed by atoms with E-state index >= 15 is 0 Å². The highest BCUT2D eigenvalue weighted by Gasteiger charge is 2.49. The topological polar surface area (TPSA) is 61.8 Å². The van der Waals surface area contributed by atoms with Crippen LogP contribution in [0.2, 0.25) is 5.02 Å². The number of rotatable bonds is 0. The summed E-state index contributed by atoms with van der Waals surface area (Å²) >= 11 is 7.83. The number of carbonyl (C=O) groups is 1. The third-order valence-electron chi connectivity index (χ3n) is 9.54. The van der Waals surface area contributed by atoms with E-state index in [1.807, 2.05) is 24.3 Å². The van der Waals surface area contributed by atoms with Crippen molar-refractivity contribution in [3.8, 4) is 5.75 Å². The SMILES string of the molecule is C[C@]12CC[C@H]1CN1C[C@@]3(CCCc4cc(Cl)ccc43)COc3ccc(cc31)C(=O)NSCC/C=C\C[C@@H]2O. The van der Waals surface area contributed by atoms with Gasteiger partial charge in [-0.05, 0) is 110 Å². The van der Waals surface area contributed by atoms with Crippen molar-refractivity contribution < 1.29 is 14.6 Å². The van der Waals surface area contributed by atoms with E-state index in [4.69, 9.17) is 16.3 Å². The van der Waals surface area contributed by atoms with Crippen LogP contribution in [-0.4, -0.2) is 42.6 Å². The molecule has 1 fully saturated rings. The Kier molecular flexibility index (Phi) is 7.17. The normalized spacial score (nSPS) is 32.2. The highest BCUT2D eigenvalue weighted by molar-refractivity contribution is 7.97. The zero-order valence-electron chi connectivity index (χ0n) is 22.0. The number of aliphatic hydroxyl groups is 1. The molecule has 4 atom stereocenters. The van der Waals surface area contributed by atoms with Gasteiger partial charge in [-0.25, -0.2) is 0 Å². The lowest BCUT2D eigenvalue weighted by Crippen LogP contribution is -2.53. The second-order valence-corrected chi connectivity index (χ2v) is 13.2. The smallest absolute Gasteiger partial charge is 0.261 e. The summed E-state index contributed by atoms with van der Waals surface area (Å²) in [7, 11) is 0. The summed E-state index contributed by atoms with van der Waals surface area (Å²) in [5.41, 5.74) is 4.01. The molecule has 2 N–H and O–H groups in total. The first-order valence-electron chi connectivity index (χ1n) is 13.9. The Morgan fingerprint density at radius 1 is 1.18 bits per heavy atom. The Labute approximate surface area is 235 Å². The van der Waals surface area contributed by atoms with Crippen LogP contribution in [0, 0.1) is 11.3 Å². The third kappa shape index (κ3) is 4.73. The minimum absolute atomic E-state index is 0.0747. The highest BCUT2D eigenvalue weighted by atomic mass is 35.5. The molecule has 2 aromatic rings. The first-order chi connectivity index (χ1) is 18.4. The number of fused-ring (bicyclic) bond motifs is 4. The summed E-state index contributed by atoms with van der Waals surface area (Å²) in [5, 5.41) is 12.0. The molecular formula is C31H37ClN2O3S. The van der Waals surface area contributed by atoms with Crippen LogP contribution in [0.15, 0.2) is 48.6 Å². The van der Waals surface area contributed by atoms with Crippen molar-refractivity contribution in [2.24, 2.45) is 11.3 Å². The van der Waals surface area contributed by atoms with Crippen molar-refractivity contribution in [1.29, 1.82) is 0 Å². The van der Waals surface area contributed by atoms with Crippen LogP contribution in [-0.2, 0) is 11.8 Å². The molecule has 1 spiro atoms. The number of benzene rings is 2. The van der Waals surface area contributed by atoms with E-state index in [9.17, 15) is 9.90 Å². The molecule has 2 aliphatic heterocycles. The molecule has 2 bridgehead atoms. The number of nitrogens with one attached hydrogen (secondary N) is 1. The molecule has 0 saturated heterocycles. The van der Waals surface area contributed by atoms with E-state index in [2.05, 4.69) is 40.8 Å². The molecule has 38 heavy (non-hydrogen) atoms. The van der Waals surface area contributed by atoms with Crippen LogP contribution >= 0.6 is 23.5 Å². The van der Waals surface area contributed by atoms with Crippen molar-refractivity contribution in [3.63, 3.8) is 0 Å². The quantitative estimate of drug-likeness (QED) is 0.296. The summed E-state index contributed by atoms with van der Waals surface area (Å²) in [4.78, 5) is 15.5. The number of halogens is 1. The van der Waals surface area contributed by atoms with E-state index in [-0.39, 0.29) is 22.8 Å². The fourth-order valence-corrected chi connectivity index (χ4v) is 7.78. The van der Waals surface area contributed by atoms with Gasteiger partial charge in [0.1, 0.15) is 5.75 Å². The minimum atomic E-state index is -0.363. The summed E-state index contributed by atoms with van der Waals surface area (Å²) < 4.78 is 9.58. The van der Waals surface area contributed by atoms with Crippen molar-refractivity contribution in [2.45, 2.75) is 63.4 Å². The van der Waals surface area contributed by atoms with Crippen molar-refractivity contribution in [1.82, 2.24) is 4.72 Å². The van der Waals surface area contributed by atoms with Gasteiger partial charge in [0.25, 0.3) is 5.91 Å². The number of ether oxygens (including phenoxy) is 1. The second-order valence-electron chi connectivity index (χ2n) is 11.8. The lowest BCUT2D eigenvalue weighted by molar-refractivity contribution is -0.0695. The number of hydrogen-bond donors (Lipinski definition) is 2. The van der Waals surface area contributed by atoms with Crippen LogP contribution < -0.4 is 14.4 Å². The van der Waals surface area contributed by atoms with Gasteiger partial charge in [-0.2, -0.15) is 0 Å². The maximum absolute atomic E-state index is 13.0. The summed E-state index contributed by atoms with van der Waals surface area (Å²) in [6.07, 6.45) is 10.7. The van der Waals surface area contributed by atoms with Crippen LogP contribution in [0.4, 0.5) is 5.69 Å². The molecule has 0 aromatic heterocycles. The van der Waals surface area contributed by atoms with Gasteiger partial charge in [0.15, 0.2) is 0 Å². The summed E-state index contributed by atoms with van der Waals surface area (Å²) in [5.74, 6) is 1.92. The van der Waals surface area contributed by atoms with Gasteiger partial charge in [-0.15, -0.1) is 0 Å². The molecule has 2 aliphatic carbocycles. The predicted molar refractivity (Wildman–Crippen MR) is 155 cm³/mol. The molecule has 7 heteroatoms. The summed E-state index contributed by atoms with van der Waals surface area (Å²) in [6, 6.07) is 12.2. The number of nitrogens with zero attached hydrogens (tertiary/aromatic N) is 1. The Hall–Kier alpha value is -2.15. The second kappa shape index (κ2) is 10.4. The fraction of sp³-hybridized carbons (Fsp3) is 0.516. The summed E-state index contributed by atoms with van der Waals surface area (Å²) in [6.45, 7) is 4.50. The Morgan fingerprint density at radius 3 is 2.92 bits per heavy atom. The lowest BCUT2D eigenvalue weighted by atomic mass is 9.57. The van der Waals surface area contributed by atoms with Crippen LogP contribution in [0.3, 0.4) is 0 Å². The molecule has 6 rings (SSSR count). The lowest BCUT2D eigenvalue weighted by Gasteiger charge is -2.52. The van der Waals surface area contributed by atoms with Gasteiger partial charge in [0.05, 0.1) is 18.4 Å². The van der Waals surface area contributed by atoms with Gasteiger partial charge >= 0.3 is 0 Å². The van der Waals surface area contributed by atoms with E-state index in [0.29, 0.717) is 24.5 Å². The number of hydrogen-bond acceptors (Lipinski definition) is 5. The largest absolute Gasteiger partial charge is 0.490 e. The van der Waals surface area contributed by atoms with Crippen molar-refractivity contribution >= 4 is 35.1 Å². The zero-order valence-corrected chi connectivity index (χ0v) is 23.6. The van der Waals surface area contributed by atoms with E-state index < -0.39 is 0 Å². The first-order valence-corrected chi connectivity index (χ1v) is 15.3. The van der Waals surface area contributed by atoms with Gasteiger partial charge in [0, 0.05) is 34.8 Å². The zero-order chi connectivity index (χ0) is 26.3. The van der Waals surface area contributed by atoms with Crippen LogP contribution in [0.1, 0.15) is 66.9 Å². The molecule has 5 nitrogen and oxygen atoms in total. The molecule has 2 heterocycles. The maximum Gasteiger partial charge on any atom is 0.261 e. The minimum Gasteiger partial charge on any atom is -0.490 e. The Bertz CT molecular complexity index is 1250. The Morgan fingerprint density at radius 2 is 2.08 bits per heavy atom. The van der Waals surface area contributed by atoms with Crippen LogP contribution in [0.25, 0.3) is 0 Å². The highest BCUT2D eigenvalue weighted by Crippen LogP contribution is 2.52. The number of aliphatic hydroxyl groups excluding tert-OH is 1. The van der Waals surface area contributed by atoms with Gasteiger partial charge < -0.3 is 14.7 Å². The third-order valence-corrected chi connectivity index (χ3v) is 10.5. The first kappa shape index (κ1) is 26.1. The van der Waals surface area contributed by atoms with Crippen molar-refractivity contribution in [3.05, 3.63) is 70.3 Å². The van der Waals surface area contributed by atoms with E-state index in [0.717, 1.165) is 73.8 Å². The van der Waals surface area contributed by atoms with Gasteiger partial charge in [0.2, 0.25) is 0 Å². The monoisotopic (exact) mass is 552 g/mol. The molecule has 4 aliphatic rings. The van der Waals surface area contributed by atoms with E-state index in [1.54, 1.807) is 0 Å². The predicted octanol–water partition coefficient (Wildman–Crippen LogP) is 6.32. The number of allylic oxidation sites excluding steroid dienone is 1. The fourth-order valence-electron chi connectivity index (χ4n) is 6.98. The average molecular weight is 553 g/mol. The number of carbonyl (C=O) groups excluding carboxylic acids is 1. The number of aryl methyl sites for hydroxylation is 1. The van der Waals surface area contributed by atoms with Crippen LogP contribution in [0.5, 0.6) is 5.75 Å². The standard InChI is InChI=1S/C31H37ClN2O3S/c1-30-14-12-23(30)18-34-19-31(13-5-6-21-16-24(32)9-10-25(21)31)20-37-27-11-8-22(17-26(27)34)29(36)33-38-15-4-2-3-7-28(30)35/h2-3,8-11,16-17,23,28,35H,4-7,12-15,18-20H2,1H3,(H,33,36)/b3-2-/t23-,28-,30-,31-/m0/s1. The number of amides is 1. The Balaban J connectivity index is 1.41. The molecular weight excluding hydrogens is 516 g/mol. The number of anilines is 1. The molecule has 0 radical (unpaired) electrons. The van der Waals surface area contributed by atoms with Crippen molar-refractivity contribution in [2.75, 3.05) is 30.3 Å². The average Bonchev–Trinajstić information content (AvgIpc) is 3.06. The molecule has 1 saturated carbocycles. The van der Waals surface area contributed by atoms with E-state index in [1.165, 1.54) is 23.1 Å². The van der Waals surface area contributed by atoms with Gasteiger partial charge in [-0.1, -0.05) is 36.7 Å². The molecule has 0 unspecified atom stereocenters. The molecule has 2 aromatic carbocycles. The molecule has 202 valence electrons.